The molecule has 0 amide bonds. The maximum atomic E-state index is 5.38. The number of aryl methyl sites for hydroxylation is 2. The van der Waals surface area contributed by atoms with Gasteiger partial charge in [-0.1, -0.05) is 0 Å². The molecule has 1 N–H and O–H groups in total. The summed E-state index contributed by atoms with van der Waals surface area (Å²) in [6.07, 6.45) is 7.43. The van der Waals surface area contributed by atoms with Gasteiger partial charge in [-0.3, -0.25) is 4.40 Å². The molecule has 4 aromatic rings. The predicted molar refractivity (Wildman–Crippen MR) is 104 cm³/mol. The van der Waals surface area contributed by atoms with Crippen LogP contribution in [-0.4, -0.2) is 30.9 Å². The maximum absolute atomic E-state index is 5.38. The van der Waals surface area contributed by atoms with Gasteiger partial charge in [0.2, 0.25) is 5.88 Å². The SMILES string of the molecule is CCOc1ccc(Nc2ccc3ncc(-c4nc(C)ncc4C)n3c2)cn1. The lowest BCUT2D eigenvalue weighted by atomic mass is 10.2. The van der Waals surface area contributed by atoms with Gasteiger partial charge in [-0.15, -0.1) is 0 Å². The molecule has 0 saturated heterocycles. The Morgan fingerprint density at radius 2 is 1.81 bits per heavy atom. The van der Waals surface area contributed by atoms with Crippen LogP contribution in [0.5, 0.6) is 5.88 Å². The molecule has 136 valence electrons. The van der Waals surface area contributed by atoms with Crippen LogP contribution in [0, 0.1) is 13.8 Å². The summed E-state index contributed by atoms with van der Waals surface area (Å²) in [7, 11) is 0. The van der Waals surface area contributed by atoms with Gasteiger partial charge in [-0.2, -0.15) is 0 Å². The lowest BCUT2D eigenvalue weighted by molar-refractivity contribution is 0.327. The highest BCUT2D eigenvalue weighted by molar-refractivity contribution is 5.66. The van der Waals surface area contributed by atoms with Crippen molar-refractivity contribution in [2.45, 2.75) is 20.8 Å². The van der Waals surface area contributed by atoms with Crippen molar-refractivity contribution in [3.63, 3.8) is 0 Å². The third kappa shape index (κ3) is 3.44. The van der Waals surface area contributed by atoms with Crippen molar-refractivity contribution in [3.05, 3.63) is 60.4 Å². The molecule has 7 heteroatoms. The average molecular weight is 360 g/mol. The number of aromatic nitrogens is 5. The number of hydrogen-bond donors (Lipinski definition) is 1. The van der Waals surface area contributed by atoms with Gasteiger partial charge in [0, 0.05) is 18.5 Å². The lowest BCUT2D eigenvalue weighted by Gasteiger charge is -2.10. The third-order valence-electron chi connectivity index (χ3n) is 4.16. The first-order valence-corrected chi connectivity index (χ1v) is 8.77. The molecule has 0 bridgehead atoms. The Hall–Kier alpha value is -3.48. The van der Waals surface area contributed by atoms with Crippen molar-refractivity contribution < 1.29 is 4.74 Å². The molecule has 4 heterocycles. The molecule has 4 rings (SSSR count). The quantitative estimate of drug-likeness (QED) is 0.581. The van der Waals surface area contributed by atoms with E-state index in [0.29, 0.717) is 12.5 Å². The second-order valence-corrected chi connectivity index (χ2v) is 6.18. The van der Waals surface area contributed by atoms with Crippen LogP contribution in [0.3, 0.4) is 0 Å². The molecule has 0 spiro atoms. The maximum Gasteiger partial charge on any atom is 0.213 e. The van der Waals surface area contributed by atoms with Gasteiger partial charge in [0.1, 0.15) is 11.5 Å². The molecular weight excluding hydrogens is 340 g/mol. The van der Waals surface area contributed by atoms with Crippen LogP contribution in [-0.2, 0) is 0 Å². The number of ether oxygens (including phenoxy) is 1. The summed E-state index contributed by atoms with van der Waals surface area (Å²) >= 11 is 0. The van der Waals surface area contributed by atoms with Crippen LogP contribution < -0.4 is 10.1 Å². The molecule has 0 atom stereocenters. The fourth-order valence-electron chi connectivity index (χ4n) is 2.87. The minimum Gasteiger partial charge on any atom is -0.478 e. The van der Waals surface area contributed by atoms with Crippen LogP contribution in [0.4, 0.5) is 11.4 Å². The number of nitrogens with zero attached hydrogens (tertiary/aromatic N) is 5. The fraction of sp³-hybridized carbons (Fsp3) is 0.200. The van der Waals surface area contributed by atoms with E-state index in [0.717, 1.165) is 39.8 Å². The van der Waals surface area contributed by atoms with Gasteiger partial charge in [-0.05, 0) is 44.5 Å². The molecular formula is C20H20N6O. The van der Waals surface area contributed by atoms with E-state index in [-0.39, 0.29) is 0 Å². The smallest absolute Gasteiger partial charge is 0.213 e. The molecule has 0 aliphatic heterocycles. The number of pyridine rings is 2. The molecule has 0 aliphatic rings. The zero-order chi connectivity index (χ0) is 18.8. The van der Waals surface area contributed by atoms with E-state index < -0.39 is 0 Å². The molecule has 0 aliphatic carbocycles. The van der Waals surface area contributed by atoms with Crippen molar-refractivity contribution in [1.82, 2.24) is 24.3 Å². The fourth-order valence-corrected chi connectivity index (χ4v) is 2.87. The van der Waals surface area contributed by atoms with Crippen LogP contribution in [0.15, 0.2) is 49.1 Å². The highest BCUT2D eigenvalue weighted by Gasteiger charge is 2.11. The van der Waals surface area contributed by atoms with E-state index in [4.69, 9.17) is 4.74 Å². The Balaban J connectivity index is 1.68. The Morgan fingerprint density at radius 3 is 2.59 bits per heavy atom. The summed E-state index contributed by atoms with van der Waals surface area (Å²) in [4.78, 5) is 17.6. The largest absolute Gasteiger partial charge is 0.478 e. The molecule has 0 unspecified atom stereocenters. The van der Waals surface area contributed by atoms with E-state index in [1.165, 1.54) is 0 Å². The van der Waals surface area contributed by atoms with Gasteiger partial charge in [0.25, 0.3) is 0 Å². The van der Waals surface area contributed by atoms with Gasteiger partial charge >= 0.3 is 0 Å². The summed E-state index contributed by atoms with van der Waals surface area (Å²) in [5.41, 5.74) is 5.49. The normalized spacial score (nSPS) is 10.9. The summed E-state index contributed by atoms with van der Waals surface area (Å²) in [6, 6.07) is 7.74. The van der Waals surface area contributed by atoms with Crippen molar-refractivity contribution in [1.29, 1.82) is 0 Å². The zero-order valence-corrected chi connectivity index (χ0v) is 15.5. The third-order valence-corrected chi connectivity index (χ3v) is 4.16. The molecule has 0 aromatic carbocycles. The topological polar surface area (TPSA) is 77.2 Å². The first-order valence-electron chi connectivity index (χ1n) is 8.77. The van der Waals surface area contributed by atoms with Crippen LogP contribution >= 0.6 is 0 Å². The van der Waals surface area contributed by atoms with Crippen LogP contribution in [0.2, 0.25) is 0 Å². The lowest BCUT2D eigenvalue weighted by Crippen LogP contribution is -1.99. The van der Waals surface area contributed by atoms with Crippen molar-refractivity contribution >= 4 is 17.0 Å². The molecule has 0 saturated carbocycles. The Labute approximate surface area is 157 Å². The number of hydrogen-bond acceptors (Lipinski definition) is 6. The van der Waals surface area contributed by atoms with Crippen molar-refractivity contribution in [2.24, 2.45) is 0 Å². The predicted octanol–water partition coefficient (Wildman–Crippen LogP) is 3.95. The molecule has 0 radical (unpaired) electrons. The van der Waals surface area contributed by atoms with Gasteiger partial charge in [0.05, 0.1) is 41.8 Å². The van der Waals surface area contributed by atoms with Crippen molar-refractivity contribution in [2.75, 3.05) is 11.9 Å². The molecule has 4 aromatic heterocycles. The highest BCUT2D eigenvalue weighted by atomic mass is 16.5. The Morgan fingerprint density at radius 1 is 0.963 bits per heavy atom. The summed E-state index contributed by atoms with van der Waals surface area (Å²) in [6.45, 7) is 6.42. The summed E-state index contributed by atoms with van der Waals surface area (Å²) in [5, 5.41) is 3.36. The van der Waals surface area contributed by atoms with E-state index in [2.05, 4.69) is 25.3 Å². The monoisotopic (exact) mass is 360 g/mol. The standard InChI is InChI=1S/C20H20N6O/c1-4-27-19-8-6-15(10-23-19)25-16-5-7-18-22-11-17(26(18)12-16)20-13(2)9-21-14(3)24-20/h5-12,25H,4H2,1-3H3. The molecule has 0 fully saturated rings. The van der Waals surface area contributed by atoms with E-state index in [1.54, 1.807) is 6.20 Å². The van der Waals surface area contributed by atoms with E-state index >= 15 is 0 Å². The second kappa shape index (κ2) is 7.03. The Bertz CT molecular complexity index is 1090. The number of rotatable bonds is 5. The number of imidazole rings is 1. The zero-order valence-electron chi connectivity index (χ0n) is 15.5. The van der Waals surface area contributed by atoms with Gasteiger partial charge < -0.3 is 10.1 Å². The van der Waals surface area contributed by atoms with Crippen molar-refractivity contribution in [3.8, 4) is 17.3 Å². The van der Waals surface area contributed by atoms with E-state index in [9.17, 15) is 0 Å². The van der Waals surface area contributed by atoms with E-state index in [1.807, 2.05) is 68.0 Å². The minimum absolute atomic E-state index is 0.599. The Kier molecular flexibility index (Phi) is 4.42. The molecule has 27 heavy (non-hydrogen) atoms. The molecule has 7 nitrogen and oxygen atoms in total. The van der Waals surface area contributed by atoms with Gasteiger partial charge in [-0.25, -0.2) is 19.9 Å². The number of anilines is 2. The average Bonchev–Trinajstić information content (AvgIpc) is 3.09. The first-order chi connectivity index (χ1) is 13.1. The second-order valence-electron chi connectivity index (χ2n) is 6.18. The summed E-state index contributed by atoms with van der Waals surface area (Å²) < 4.78 is 7.41. The van der Waals surface area contributed by atoms with Gasteiger partial charge in [0.15, 0.2) is 0 Å². The highest BCUT2D eigenvalue weighted by Crippen LogP contribution is 2.25. The summed E-state index contributed by atoms with van der Waals surface area (Å²) in [5.74, 6) is 1.35. The number of nitrogens with one attached hydrogen (secondary N) is 1. The number of fused-ring (bicyclic) bond motifs is 1. The minimum atomic E-state index is 0.599. The van der Waals surface area contributed by atoms with Crippen LogP contribution in [0.25, 0.3) is 17.0 Å². The first kappa shape index (κ1) is 17.0. The van der Waals surface area contributed by atoms with Crippen LogP contribution in [0.1, 0.15) is 18.3 Å².